The summed E-state index contributed by atoms with van der Waals surface area (Å²) in [6, 6.07) is 0. The molecule has 0 aromatic heterocycles. The maximum absolute atomic E-state index is 14.6. The zero-order valence-electron chi connectivity index (χ0n) is 16.4. The van der Waals surface area contributed by atoms with Crippen molar-refractivity contribution >= 4 is 5.97 Å². The van der Waals surface area contributed by atoms with Gasteiger partial charge in [-0.05, 0) is 25.7 Å². The maximum atomic E-state index is 14.6. The quantitative estimate of drug-likeness (QED) is 0.268. The molecule has 2 rings (SSSR count). The van der Waals surface area contributed by atoms with Crippen LogP contribution < -0.4 is 34.7 Å². The van der Waals surface area contributed by atoms with Crippen molar-refractivity contribution in [2.75, 3.05) is 0 Å². The Morgan fingerprint density at radius 3 is 2.81 bits per heavy atom. The van der Waals surface area contributed by atoms with Crippen molar-refractivity contribution < 1.29 is 58.8 Å². The van der Waals surface area contributed by atoms with E-state index in [1.165, 1.54) is 6.26 Å². The van der Waals surface area contributed by atoms with E-state index in [1.54, 1.807) is 12.2 Å². The summed E-state index contributed by atoms with van der Waals surface area (Å²) < 4.78 is 20.1. The fourth-order valence-electron chi connectivity index (χ4n) is 3.93. The van der Waals surface area contributed by atoms with Crippen molar-refractivity contribution in [3.05, 3.63) is 24.0 Å². The molecule has 1 aliphatic carbocycles. The standard InChI is InChI=1S/C20H31FO5.Na/c1-2-3-4-6-13(22)9-10-14-17(23)11-18-20(14)15(12-26-18)16(21)7-5-8-19(24)25;/h9-10,12-14,16-18,20,22-23H,2-8,11H2,1H3,(H,24,25);/q;+1/p-1/b10-9+;. The molecule has 2 N–H and O–H groups in total. The third-order valence-corrected chi connectivity index (χ3v) is 5.36. The van der Waals surface area contributed by atoms with E-state index < -0.39 is 24.3 Å². The van der Waals surface area contributed by atoms with Crippen molar-refractivity contribution in [2.24, 2.45) is 11.8 Å². The van der Waals surface area contributed by atoms with Crippen molar-refractivity contribution in [1.29, 1.82) is 0 Å². The third-order valence-electron chi connectivity index (χ3n) is 5.36. The Labute approximate surface area is 183 Å². The van der Waals surface area contributed by atoms with Gasteiger partial charge in [-0.2, -0.15) is 0 Å². The zero-order chi connectivity index (χ0) is 19.1. The van der Waals surface area contributed by atoms with E-state index >= 15 is 0 Å². The zero-order valence-corrected chi connectivity index (χ0v) is 18.4. The molecule has 27 heavy (non-hydrogen) atoms. The summed E-state index contributed by atoms with van der Waals surface area (Å²) in [5.41, 5.74) is 0.486. The minimum Gasteiger partial charge on any atom is -0.550 e. The Balaban J connectivity index is 0.00000364. The molecular weight excluding hydrogens is 362 g/mol. The second-order valence-corrected chi connectivity index (χ2v) is 7.38. The predicted molar refractivity (Wildman–Crippen MR) is 93.6 cm³/mol. The fourth-order valence-corrected chi connectivity index (χ4v) is 3.93. The molecule has 2 aliphatic rings. The molecule has 1 saturated carbocycles. The van der Waals surface area contributed by atoms with Crippen molar-refractivity contribution in [3.63, 3.8) is 0 Å². The molecule has 0 saturated heterocycles. The van der Waals surface area contributed by atoms with Gasteiger partial charge in [0.15, 0.2) is 0 Å². The monoisotopic (exact) mass is 392 g/mol. The average molecular weight is 392 g/mol. The largest absolute Gasteiger partial charge is 1.00 e. The molecule has 7 heteroatoms. The molecule has 1 aliphatic heterocycles. The Bertz CT molecular complexity index is 525. The number of fused-ring (bicyclic) bond motifs is 1. The van der Waals surface area contributed by atoms with Crippen molar-refractivity contribution in [3.8, 4) is 0 Å². The molecule has 0 aromatic carbocycles. The third kappa shape index (κ3) is 7.17. The van der Waals surface area contributed by atoms with Gasteiger partial charge in [0.05, 0.1) is 18.5 Å². The Hall–Kier alpha value is -0.400. The molecule has 1 heterocycles. The minimum absolute atomic E-state index is 0. The molecule has 0 amide bonds. The molecule has 0 aromatic rings. The summed E-state index contributed by atoms with van der Waals surface area (Å²) in [7, 11) is 0. The van der Waals surface area contributed by atoms with Crippen LogP contribution in [-0.4, -0.2) is 40.7 Å². The first kappa shape index (κ1) is 24.6. The van der Waals surface area contributed by atoms with Gasteiger partial charge in [0.1, 0.15) is 12.3 Å². The van der Waals surface area contributed by atoms with Crippen LogP contribution in [0.15, 0.2) is 24.0 Å². The van der Waals surface area contributed by atoms with Gasteiger partial charge in [-0.25, -0.2) is 4.39 Å². The fraction of sp³-hybridized carbons (Fsp3) is 0.750. The van der Waals surface area contributed by atoms with Crippen LogP contribution in [0.2, 0.25) is 0 Å². The van der Waals surface area contributed by atoms with Crippen LogP contribution in [0.5, 0.6) is 0 Å². The Morgan fingerprint density at radius 2 is 2.15 bits per heavy atom. The van der Waals surface area contributed by atoms with Gasteiger partial charge in [-0.3, -0.25) is 0 Å². The normalized spacial score (nSPS) is 29.0. The predicted octanol–water partition coefficient (Wildman–Crippen LogP) is -0.974. The first-order valence-electron chi connectivity index (χ1n) is 9.67. The molecule has 6 atom stereocenters. The second kappa shape index (κ2) is 12.2. The number of alkyl halides is 1. The topological polar surface area (TPSA) is 89.8 Å². The number of carbonyl (C=O) groups is 1. The molecular formula is C20H30FNaO5. The van der Waals surface area contributed by atoms with Crippen LogP contribution in [-0.2, 0) is 9.53 Å². The van der Waals surface area contributed by atoms with Crippen LogP contribution in [0.4, 0.5) is 4.39 Å². The van der Waals surface area contributed by atoms with Gasteiger partial charge in [-0.1, -0.05) is 38.3 Å². The van der Waals surface area contributed by atoms with Gasteiger partial charge in [0.25, 0.3) is 0 Å². The van der Waals surface area contributed by atoms with Crippen molar-refractivity contribution in [2.45, 2.75) is 82.8 Å². The van der Waals surface area contributed by atoms with E-state index in [2.05, 4.69) is 6.92 Å². The molecule has 6 unspecified atom stereocenters. The summed E-state index contributed by atoms with van der Waals surface area (Å²) in [4.78, 5) is 10.5. The molecule has 148 valence electrons. The van der Waals surface area contributed by atoms with Gasteiger partial charge < -0.3 is 24.9 Å². The number of aliphatic hydroxyl groups excluding tert-OH is 2. The first-order valence-corrected chi connectivity index (χ1v) is 9.67. The number of rotatable bonds is 11. The van der Waals surface area contributed by atoms with E-state index in [9.17, 15) is 24.5 Å². The van der Waals surface area contributed by atoms with E-state index in [-0.39, 0.29) is 66.8 Å². The second-order valence-electron chi connectivity index (χ2n) is 7.38. The SMILES string of the molecule is CCCCCC(O)/C=C/C1C(O)CC2OC=C(C(F)CCCC(=O)[O-])C21.[Na+]. The summed E-state index contributed by atoms with van der Waals surface area (Å²) in [5.74, 6) is -1.74. The Morgan fingerprint density at radius 1 is 1.41 bits per heavy atom. The van der Waals surface area contributed by atoms with Crippen LogP contribution in [0.25, 0.3) is 0 Å². The summed E-state index contributed by atoms with van der Waals surface area (Å²) >= 11 is 0. The van der Waals surface area contributed by atoms with Gasteiger partial charge in [0.2, 0.25) is 0 Å². The van der Waals surface area contributed by atoms with Gasteiger partial charge >= 0.3 is 29.6 Å². The number of unbranched alkanes of at least 4 members (excludes halogenated alkanes) is 2. The van der Waals surface area contributed by atoms with Gasteiger partial charge in [-0.15, -0.1) is 0 Å². The summed E-state index contributed by atoms with van der Waals surface area (Å²) in [6.45, 7) is 2.10. The van der Waals surface area contributed by atoms with Crippen LogP contribution in [0.3, 0.4) is 0 Å². The molecule has 5 nitrogen and oxygen atoms in total. The number of halogens is 1. The van der Waals surface area contributed by atoms with Crippen LogP contribution in [0.1, 0.15) is 58.3 Å². The van der Waals surface area contributed by atoms with E-state index in [0.29, 0.717) is 18.4 Å². The number of hydrogen-bond acceptors (Lipinski definition) is 5. The van der Waals surface area contributed by atoms with E-state index in [0.717, 1.165) is 19.3 Å². The molecule has 1 fully saturated rings. The number of carboxylic acid groups (broad SMARTS) is 1. The molecule has 0 bridgehead atoms. The number of hydrogen-bond donors (Lipinski definition) is 2. The van der Waals surface area contributed by atoms with Crippen LogP contribution >= 0.6 is 0 Å². The molecule has 0 radical (unpaired) electrons. The number of carbonyl (C=O) groups excluding carboxylic acids is 1. The number of aliphatic carboxylic acids is 1. The first-order chi connectivity index (χ1) is 12.4. The summed E-state index contributed by atoms with van der Waals surface area (Å²) in [5, 5.41) is 30.9. The minimum atomic E-state index is -1.29. The van der Waals surface area contributed by atoms with Gasteiger partial charge in [0, 0.05) is 29.8 Å². The number of aliphatic hydroxyl groups is 2. The van der Waals surface area contributed by atoms with E-state index in [4.69, 9.17) is 4.74 Å². The van der Waals surface area contributed by atoms with Crippen molar-refractivity contribution in [1.82, 2.24) is 0 Å². The Kier molecular flexibility index (Phi) is 11.2. The smallest absolute Gasteiger partial charge is 0.550 e. The molecule has 0 spiro atoms. The summed E-state index contributed by atoms with van der Waals surface area (Å²) in [6.07, 6.45) is 6.51. The number of ether oxygens (including phenoxy) is 1. The average Bonchev–Trinajstić information content (AvgIpc) is 3.11. The maximum Gasteiger partial charge on any atom is 1.00 e. The van der Waals surface area contributed by atoms with Crippen LogP contribution in [0, 0.1) is 11.8 Å². The van der Waals surface area contributed by atoms with E-state index in [1.807, 2.05) is 0 Å². The number of carboxylic acids is 1.